The normalized spacial score (nSPS) is 8.31. The Hall–Kier alpha value is -2.01. The van der Waals surface area contributed by atoms with Crippen LogP contribution in [0.1, 0.15) is 11.1 Å². The third-order valence-corrected chi connectivity index (χ3v) is 1.45. The lowest BCUT2D eigenvalue weighted by molar-refractivity contribution is -0.112. The van der Waals surface area contributed by atoms with E-state index in [1.807, 2.05) is 24.3 Å². The molecule has 64 valence electrons. The van der Waals surface area contributed by atoms with Crippen LogP contribution in [0.25, 0.3) is 6.08 Å². The van der Waals surface area contributed by atoms with Crippen molar-refractivity contribution in [1.29, 1.82) is 0 Å². The Balaban J connectivity index is 2.98. The molecule has 0 aromatic heterocycles. The van der Waals surface area contributed by atoms with Crippen molar-refractivity contribution in [3.63, 3.8) is 0 Å². The molecule has 0 atom stereocenters. The van der Waals surface area contributed by atoms with E-state index in [1.165, 1.54) is 0 Å². The molecule has 0 saturated carbocycles. The van der Waals surface area contributed by atoms with Crippen LogP contribution in [0.5, 0.6) is 0 Å². The van der Waals surface area contributed by atoms with Crippen LogP contribution in [0.3, 0.4) is 0 Å². The van der Waals surface area contributed by atoms with E-state index in [0.717, 1.165) is 11.1 Å². The summed E-state index contributed by atoms with van der Waals surface area (Å²) < 4.78 is 0. The SMILES string of the molecule is C=Cc1cccc(C#CC(N)=O)c1. The van der Waals surface area contributed by atoms with Crippen molar-refractivity contribution in [2.75, 3.05) is 0 Å². The summed E-state index contributed by atoms with van der Waals surface area (Å²) in [5.74, 6) is 4.29. The molecule has 13 heavy (non-hydrogen) atoms. The van der Waals surface area contributed by atoms with E-state index in [-0.39, 0.29) is 0 Å². The predicted octanol–water partition coefficient (Wildman–Crippen LogP) is 1.17. The third kappa shape index (κ3) is 2.84. The smallest absolute Gasteiger partial charge is 0.293 e. The van der Waals surface area contributed by atoms with Gasteiger partial charge in [0.2, 0.25) is 0 Å². The topological polar surface area (TPSA) is 43.1 Å². The van der Waals surface area contributed by atoms with E-state index in [2.05, 4.69) is 18.4 Å². The van der Waals surface area contributed by atoms with Crippen LogP contribution < -0.4 is 5.73 Å². The fourth-order valence-corrected chi connectivity index (χ4v) is 0.877. The van der Waals surface area contributed by atoms with Crippen LogP contribution in [-0.4, -0.2) is 5.91 Å². The Bertz CT molecular complexity index is 396. The second-order valence-corrected chi connectivity index (χ2v) is 2.44. The van der Waals surface area contributed by atoms with Crippen molar-refractivity contribution >= 4 is 12.0 Å². The average molecular weight is 171 g/mol. The van der Waals surface area contributed by atoms with Gasteiger partial charge in [-0.2, -0.15) is 0 Å². The summed E-state index contributed by atoms with van der Waals surface area (Å²) in [5.41, 5.74) is 6.61. The predicted molar refractivity (Wildman–Crippen MR) is 52.6 cm³/mol. The van der Waals surface area contributed by atoms with Gasteiger partial charge in [0, 0.05) is 5.56 Å². The maximum Gasteiger partial charge on any atom is 0.293 e. The molecule has 0 fully saturated rings. The second kappa shape index (κ2) is 4.13. The van der Waals surface area contributed by atoms with E-state index in [1.54, 1.807) is 6.08 Å². The zero-order valence-corrected chi connectivity index (χ0v) is 7.08. The fraction of sp³-hybridized carbons (Fsp3) is 0. The van der Waals surface area contributed by atoms with E-state index in [4.69, 9.17) is 5.73 Å². The van der Waals surface area contributed by atoms with Gasteiger partial charge in [-0.15, -0.1) is 0 Å². The van der Waals surface area contributed by atoms with Crippen LogP contribution in [0.2, 0.25) is 0 Å². The van der Waals surface area contributed by atoms with Gasteiger partial charge >= 0.3 is 0 Å². The highest BCUT2D eigenvalue weighted by atomic mass is 16.1. The van der Waals surface area contributed by atoms with Gasteiger partial charge in [0.1, 0.15) is 0 Å². The van der Waals surface area contributed by atoms with Crippen LogP contribution in [0.4, 0.5) is 0 Å². The van der Waals surface area contributed by atoms with Gasteiger partial charge in [-0.3, -0.25) is 4.79 Å². The largest absolute Gasteiger partial charge is 0.359 e. The van der Waals surface area contributed by atoms with Gasteiger partial charge in [-0.25, -0.2) is 0 Å². The minimum Gasteiger partial charge on any atom is -0.359 e. The standard InChI is InChI=1S/C11H9NO/c1-2-9-4-3-5-10(8-9)6-7-11(12)13/h2-5,8H,1H2,(H2,12,13). The number of amides is 1. The first kappa shape index (κ1) is 9.08. The lowest BCUT2D eigenvalue weighted by atomic mass is 10.1. The molecule has 1 aromatic carbocycles. The number of primary amides is 1. The van der Waals surface area contributed by atoms with E-state index < -0.39 is 5.91 Å². The molecule has 0 unspecified atom stereocenters. The van der Waals surface area contributed by atoms with Crippen LogP contribution in [0, 0.1) is 11.8 Å². The summed E-state index contributed by atoms with van der Waals surface area (Å²) in [4.78, 5) is 10.4. The minimum atomic E-state index is -0.621. The van der Waals surface area contributed by atoms with Crippen LogP contribution >= 0.6 is 0 Å². The lowest BCUT2D eigenvalue weighted by Gasteiger charge is -1.92. The number of carbonyl (C=O) groups is 1. The van der Waals surface area contributed by atoms with Crippen molar-refractivity contribution < 1.29 is 4.79 Å². The summed E-state index contributed by atoms with van der Waals surface area (Å²) in [5, 5.41) is 0. The number of benzene rings is 1. The molecular weight excluding hydrogens is 162 g/mol. The van der Waals surface area contributed by atoms with Crippen molar-refractivity contribution in [1.82, 2.24) is 0 Å². The molecule has 0 aliphatic rings. The molecule has 0 saturated heterocycles. The van der Waals surface area contributed by atoms with Crippen molar-refractivity contribution in [2.24, 2.45) is 5.73 Å². The highest BCUT2D eigenvalue weighted by molar-refractivity contribution is 5.92. The van der Waals surface area contributed by atoms with E-state index in [0.29, 0.717) is 0 Å². The maximum absolute atomic E-state index is 10.4. The van der Waals surface area contributed by atoms with E-state index >= 15 is 0 Å². The third-order valence-electron chi connectivity index (χ3n) is 1.45. The highest BCUT2D eigenvalue weighted by Crippen LogP contribution is 2.04. The Kier molecular flexibility index (Phi) is 2.88. The molecule has 2 N–H and O–H groups in total. The molecule has 0 bridgehead atoms. The molecule has 0 aliphatic carbocycles. The molecule has 0 radical (unpaired) electrons. The number of hydrogen-bond donors (Lipinski definition) is 1. The number of nitrogens with two attached hydrogens (primary N) is 1. The van der Waals surface area contributed by atoms with E-state index in [9.17, 15) is 4.79 Å². The first-order valence-corrected chi connectivity index (χ1v) is 3.76. The number of carbonyl (C=O) groups excluding carboxylic acids is 1. The van der Waals surface area contributed by atoms with Crippen molar-refractivity contribution in [3.8, 4) is 11.8 Å². The van der Waals surface area contributed by atoms with Gasteiger partial charge in [0.25, 0.3) is 5.91 Å². The summed E-state index contributed by atoms with van der Waals surface area (Å²) in [6, 6.07) is 7.40. The zero-order chi connectivity index (χ0) is 9.68. The molecule has 1 aromatic rings. The fourth-order valence-electron chi connectivity index (χ4n) is 0.877. The Morgan fingerprint density at radius 2 is 2.31 bits per heavy atom. The molecule has 0 heterocycles. The maximum atomic E-state index is 10.4. The second-order valence-electron chi connectivity index (χ2n) is 2.44. The zero-order valence-electron chi connectivity index (χ0n) is 7.08. The molecule has 2 nitrogen and oxygen atoms in total. The average Bonchev–Trinajstić information content (AvgIpc) is 2.15. The molecule has 1 amide bonds. The van der Waals surface area contributed by atoms with Gasteiger partial charge < -0.3 is 5.73 Å². The monoisotopic (exact) mass is 171 g/mol. The van der Waals surface area contributed by atoms with Gasteiger partial charge in [-0.1, -0.05) is 30.7 Å². The van der Waals surface area contributed by atoms with Crippen LogP contribution in [0.15, 0.2) is 30.8 Å². The van der Waals surface area contributed by atoms with Gasteiger partial charge in [0.15, 0.2) is 0 Å². The first-order valence-electron chi connectivity index (χ1n) is 3.76. The minimum absolute atomic E-state index is 0.621. The first-order chi connectivity index (χ1) is 6.22. The molecule has 0 aliphatic heterocycles. The van der Waals surface area contributed by atoms with Gasteiger partial charge in [0.05, 0.1) is 0 Å². The quantitative estimate of drug-likeness (QED) is 0.633. The number of hydrogen-bond acceptors (Lipinski definition) is 1. The summed E-state index contributed by atoms with van der Waals surface area (Å²) in [7, 11) is 0. The summed E-state index contributed by atoms with van der Waals surface area (Å²) in [6.45, 7) is 3.63. The highest BCUT2D eigenvalue weighted by Gasteiger charge is 1.88. The Morgan fingerprint density at radius 1 is 1.54 bits per heavy atom. The number of rotatable bonds is 1. The molecule has 2 heteroatoms. The van der Waals surface area contributed by atoms with Crippen molar-refractivity contribution in [3.05, 3.63) is 42.0 Å². The lowest BCUT2D eigenvalue weighted by Crippen LogP contribution is -2.06. The van der Waals surface area contributed by atoms with Crippen LogP contribution in [-0.2, 0) is 4.79 Å². The summed E-state index contributed by atoms with van der Waals surface area (Å²) in [6.07, 6.45) is 1.72. The Morgan fingerprint density at radius 3 is 2.92 bits per heavy atom. The molecular formula is C11H9NO. The Labute approximate surface area is 77.1 Å². The van der Waals surface area contributed by atoms with Gasteiger partial charge in [-0.05, 0) is 23.6 Å². The molecule has 1 rings (SSSR count). The van der Waals surface area contributed by atoms with Crippen molar-refractivity contribution in [2.45, 2.75) is 0 Å². The summed E-state index contributed by atoms with van der Waals surface area (Å²) >= 11 is 0. The molecule has 0 spiro atoms.